The molecule has 0 spiro atoms. The lowest BCUT2D eigenvalue weighted by atomic mass is 10.1. The first-order valence-corrected chi connectivity index (χ1v) is 5.87. The molecular formula is C13H18N2O2. The maximum Gasteiger partial charge on any atom is 0.414 e. The minimum Gasteiger partial charge on any atom is -0.447 e. The van der Waals surface area contributed by atoms with Gasteiger partial charge in [-0.05, 0) is 38.4 Å². The number of carbonyl (C=O) groups is 1. The lowest BCUT2D eigenvalue weighted by molar-refractivity contribution is 0.178. The Balaban J connectivity index is 2.32. The van der Waals surface area contributed by atoms with Gasteiger partial charge in [0, 0.05) is 0 Å². The van der Waals surface area contributed by atoms with E-state index in [9.17, 15) is 4.79 Å². The Morgan fingerprint density at radius 2 is 2.24 bits per heavy atom. The van der Waals surface area contributed by atoms with Crippen molar-refractivity contribution in [3.63, 3.8) is 0 Å². The van der Waals surface area contributed by atoms with Crippen LogP contribution >= 0.6 is 0 Å². The molecule has 1 aliphatic rings. The summed E-state index contributed by atoms with van der Waals surface area (Å²) in [4.78, 5) is 13.5. The number of anilines is 1. The van der Waals surface area contributed by atoms with Crippen LogP contribution in [0.3, 0.4) is 0 Å². The Labute approximate surface area is 101 Å². The van der Waals surface area contributed by atoms with Gasteiger partial charge in [0.1, 0.15) is 6.61 Å². The molecule has 0 aliphatic carbocycles. The zero-order valence-corrected chi connectivity index (χ0v) is 10.3. The molecule has 1 unspecified atom stereocenters. The van der Waals surface area contributed by atoms with Crippen LogP contribution < -0.4 is 10.6 Å². The van der Waals surface area contributed by atoms with Crippen molar-refractivity contribution < 1.29 is 9.53 Å². The molecule has 1 saturated heterocycles. The average Bonchev–Trinajstić information content (AvgIpc) is 2.62. The zero-order chi connectivity index (χ0) is 12.4. The summed E-state index contributed by atoms with van der Waals surface area (Å²) in [6.45, 7) is 5.04. The van der Waals surface area contributed by atoms with Crippen LogP contribution in [0.5, 0.6) is 0 Å². The first-order valence-electron chi connectivity index (χ1n) is 5.87. The molecule has 0 radical (unpaired) electrons. The quantitative estimate of drug-likeness (QED) is 0.870. The molecule has 0 bridgehead atoms. The summed E-state index contributed by atoms with van der Waals surface area (Å²) in [5, 5.41) is 0. The van der Waals surface area contributed by atoms with Crippen molar-refractivity contribution >= 4 is 11.8 Å². The fourth-order valence-electron chi connectivity index (χ4n) is 2.24. The molecule has 1 heterocycles. The van der Waals surface area contributed by atoms with E-state index in [0.717, 1.165) is 17.7 Å². The third-order valence-electron chi connectivity index (χ3n) is 3.07. The van der Waals surface area contributed by atoms with Crippen molar-refractivity contribution in [3.8, 4) is 0 Å². The number of nitrogens with zero attached hydrogens (tertiary/aromatic N) is 1. The van der Waals surface area contributed by atoms with Crippen molar-refractivity contribution in [2.24, 2.45) is 5.73 Å². The van der Waals surface area contributed by atoms with Crippen LogP contribution in [-0.4, -0.2) is 25.3 Å². The number of hydrogen-bond acceptors (Lipinski definition) is 3. The Bertz CT molecular complexity index is 431. The second kappa shape index (κ2) is 4.75. The van der Waals surface area contributed by atoms with Gasteiger partial charge in [-0.15, -0.1) is 0 Å². The van der Waals surface area contributed by atoms with Crippen molar-refractivity contribution in [2.75, 3.05) is 18.1 Å². The van der Waals surface area contributed by atoms with E-state index in [4.69, 9.17) is 10.5 Å². The molecule has 1 amide bonds. The van der Waals surface area contributed by atoms with Gasteiger partial charge in [-0.2, -0.15) is 0 Å². The number of hydrogen-bond donors (Lipinski definition) is 1. The van der Waals surface area contributed by atoms with E-state index in [1.54, 1.807) is 4.90 Å². The molecule has 1 aliphatic heterocycles. The molecule has 2 rings (SSSR count). The van der Waals surface area contributed by atoms with E-state index in [0.29, 0.717) is 13.2 Å². The van der Waals surface area contributed by atoms with Crippen LogP contribution in [0.1, 0.15) is 17.5 Å². The third kappa shape index (κ3) is 2.26. The monoisotopic (exact) mass is 234 g/mol. The molecule has 92 valence electrons. The van der Waals surface area contributed by atoms with Gasteiger partial charge in [-0.25, -0.2) is 4.79 Å². The minimum absolute atomic E-state index is 0.0638. The van der Waals surface area contributed by atoms with E-state index in [-0.39, 0.29) is 12.1 Å². The molecule has 0 saturated carbocycles. The molecule has 2 N–H and O–H groups in total. The summed E-state index contributed by atoms with van der Waals surface area (Å²) >= 11 is 0. The Kier molecular flexibility index (Phi) is 3.33. The number of amides is 1. The van der Waals surface area contributed by atoms with Gasteiger partial charge < -0.3 is 10.5 Å². The van der Waals surface area contributed by atoms with Gasteiger partial charge in [0.2, 0.25) is 0 Å². The Morgan fingerprint density at radius 1 is 1.47 bits per heavy atom. The summed E-state index contributed by atoms with van der Waals surface area (Å²) in [5.41, 5.74) is 8.77. The first-order chi connectivity index (χ1) is 8.13. The molecule has 4 heteroatoms. The van der Waals surface area contributed by atoms with Crippen molar-refractivity contribution in [2.45, 2.75) is 26.3 Å². The van der Waals surface area contributed by atoms with Gasteiger partial charge >= 0.3 is 6.09 Å². The molecule has 1 aromatic rings. The number of benzene rings is 1. The van der Waals surface area contributed by atoms with Crippen LogP contribution in [0.15, 0.2) is 18.2 Å². The van der Waals surface area contributed by atoms with E-state index < -0.39 is 0 Å². The van der Waals surface area contributed by atoms with E-state index in [1.807, 2.05) is 26.0 Å². The van der Waals surface area contributed by atoms with E-state index >= 15 is 0 Å². The van der Waals surface area contributed by atoms with Crippen LogP contribution in [0, 0.1) is 13.8 Å². The lowest BCUT2D eigenvalue weighted by Crippen LogP contribution is -2.35. The second-order valence-electron chi connectivity index (χ2n) is 4.47. The van der Waals surface area contributed by atoms with Crippen LogP contribution in [0.25, 0.3) is 0 Å². The number of aryl methyl sites for hydroxylation is 2. The van der Waals surface area contributed by atoms with Gasteiger partial charge in [0.25, 0.3) is 0 Å². The molecule has 17 heavy (non-hydrogen) atoms. The number of ether oxygens (including phenoxy) is 1. The topological polar surface area (TPSA) is 55.6 Å². The molecule has 1 fully saturated rings. The predicted octanol–water partition coefficient (Wildman–Crippen LogP) is 1.98. The standard InChI is InChI=1S/C13H18N2O2/c1-9-3-4-12(10(2)7-9)15-11(5-6-14)8-17-13(15)16/h3-4,7,11H,5-6,8,14H2,1-2H3. The zero-order valence-electron chi connectivity index (χ0n) is 10.3. The van der Waals surface area contributed by atoms with E-state index in [2.05, 4.69) is 6.07 Å². The van der Waals surface area contributed by atoms with Crippen molar-refractivity contribution in [1.29, 1.82) is 0 Å². The maximum absolute atomic E-state index is 11.8. The summed E-state index contributed by atoms with van der Waals surface area (Å²) in [6, 6.07) is 6.11. The second-order valence-corrected chi connectivity index (χ2v) is 4.47. The highest BCUT2D eigenvalue weighted by Crippen LogP contribution is 2.28. The van der Waals surface area contributed by atoms with Gasteiger partial charge in [-0.1, -0.05) is 17.7 Å². The summed E-state index contributed by atoms with van der Waals surface area (Å²) in [6.07, 6.45) is 0.495. The van der Waals surface area contributed by atoms with Crippen LogP contribution in [0.2, 0.25) is 0 Å². The molecule has 0 aromatic heterocycles. The SMILES string of the molecule is Cc1ccc(N2C(=O)OCC2CCN)c(C)c1. The Morgan fingerprint density at radius 3 is 2.88 bits per heavy atom. The number of carbonyl (C=O) groups excluding carboxylic acids is 1. The fraction of sp³-hybridized carbons (Fsp3) is 0.462. The van der Waals surface area contributed by atoms with E-state index in [1.165, 1.54) is 5.56 Å². The molecular weight excluding hydrogens is 216 g/mol. The summed E-state index contributed by atoms with van der Waals surface area (Å²) in [5.74, 6) is 0. The normalized spacial score (nSPS) is 19.6. The van der Waals surface area contributed by atoms with Gasteiger partial charge in [0.15, 0.2) is 0 Å². The predicted molar refractivity (Wildman–Crippen MR) is 67.2 cm³/mol. The molecule has 1 aromatic carbocycles. The first kappa shape index (κ1) is 11.9. The van der Waals surface area contributed by atoms with Crippen LogP contribution in [-0.2, 0) is 4.74 Å². The summed E-state index contributed by atoms with van der Waals surface area (Å²) in [7, 11) is 0. The van der Waals surface area contributed by atoms with Crippen molar-refractivity contribution in [1.82, 2.24) is 0 Å². The van der Waals surface area contributed by atoms with Gasteiger partial charge in [0.05, 0.1) is 11.7 Å². The highest BCUT2D eigenvalue weighted by Gasteiger charge is 2.34. The highest BCUT2D eigenvalue weighted by atomic mass is 16.6. The fourth-order valence-corrected chi connectivity index (χ4v) is 2.24. The number of rotatable bonds is 3. The van der Waals surface area contributed by atoms with Crippen LogP contribution in [0.4, 0.5) is 10.5 Å². The molecule has 1 atom stereocenters. The number of nitrogens with two attached hydrogens (primary N) is 1. The minimum atomic E-state index is -0.268. The Hall–Kier alpha value is -1.55. The number of cyclic esters (lactones) is 1. The third-order valence-corrected chi connectivity index (χ3v) is 3.07. The van der Waals surface area contributed by atoms with Crippen molar-refractivity contribution in [3.05, 3.63) is 29.3 Å². The summed E-state index contributed by atoms with van der Waals surface area (Å²) < 4.78 is 5.10. The smallest absolute Gasteiger partial charge is 0.414 e. The largest absolute Gasteiger partial charge is 0.447 e. The maximum atomic E-state index is 11.8. The molecule has 4 nitrogen and oxygen atoms in total. The van der Waals surface area contributed by atoms with Gasteiger partial charge in [-0.3, -0.25) is 4.90 Å². The lowest BCUT2D eigenvalue weighted by Gasteiger charge is -2.23. The average molecular weight is 234 g/mol. The highest BCUT2D eigenvalue weighted by molar-refractivity contribution is 5.91.